The molecule has 0 atom stereocenters. The fraction of sp³-hybridized carbons (Fsp3) is 0.478. The van der Waals surface area contributed by atoms with Crippen LogP contribution < -0.4 is 15.0 Å². The monoisotopic (exact) mass is 419 g/mol. The number of nitrogens with one attached hydrogen (secondary N) is 1. The van der Waals surface area contributed by atoms with Gasteiger partial charge in [0.15, 0.2) is 5.75 Å². The van der Waals surface area contributed by atoms with Crippen LogP contribution in [0.25, 0.3) is 11.3 Å². The molecular weight excluding hydrogens is 390 g/mol. The second kappa shape index (κ2) is 8.26. The fourth-order valence-electron chi connectivity index (χ4n) is 4.43. The molecule has 0 bridgehead atoms. The minimum Gasteiger partial charge on any atom is -0.483 e. The summed E-state index contributed by atoms with van der Waals surface area (Å²) in [6.45, 7) is 11.9. The van der Waals surface area contributed by atoms with Gasteiger partial charge in [-0.25, -0.2) is 9.97 Å². The Kier molecular flexibility index (Phi) is 5.31. The Morgan fingerprint density at radius 3 is 2.68 bits per heavy atom. The van der Waals surface area contributed by atoms with E-state index in [0.29, 0.717) is 18.9 Å². The molecule has 8 heteroatoms. The van der Waals surface area contributed by atoms with Crippen molar-refractivity contribution in [2.24, 2.45) is 0 Å². The number of pyridine rings is 1. The summed E-state index contributed by atoms with van der Waals surface area (Å²) in [7, 11) is 0. The van der Waals surface area contributed by atoms with E-state index in [9.17, 15) is 0 Å². The Labute approximate surface area is 182 Å². The number of aryl methyl sites for hydroxylation is 1. The molecule has 5 heterocycles. The number of piperazine rings is 1. The number of ether oxygens (including phenoxy) is 1. The molecule has 31 heavy (non-hydrogen) atoms. The summed E-state index contributed by atoms with van der Waals surface area (Å²) in [5.41, 5.74) is 6.27. The van der Waals surface area contributed by atoms with Crippen molar-refractivity contribution in [1.82, 2.24) is 30.0 Å². The highest BCUT2D eigenvalue weighted by atomic mass is 16.5. The lowest BCUT2D eigenvalue weighted by molar-refractivity contribution is 0.293. The third kappa shape index (κ3) is 3.76. The zero-order valence-corrected chi connectivity index (χ0v) is 18.4. The first-order valence-electron chi connectivity index (χ1n) is 11.1. The predicted molar refractivity (Wildman–Crippen MR) is 119 cm³/mol. The van der Waals surface area contributed by atoms with Crippen molar-refractivity contribution in [2.45, 2.75) is 46.3 Å². The van der Waals surface area contributed by atoms with Crippen LogP contribution in [0.15, 0.2) is 24.5 Å². The fourth-order valence-corrected chi connectivity index (χ4v) is 4.43. The predicted octanol–water partition coefficient (Wildman–Crippen LogP) is 2.77. The lowest BCUT2D eigenvalue weighted by atomic mass is 9.99. The van der Waals surface area contributed by atoms with Gasteiger partial charge in [-0.15, -0.1) is 0 Å². The molecule has 0 amide bonds. The van der Waals surface area contributed by atoms with Gasteiger partial charge in [-0.1, -0.05) is 13.8 Å². The van der Waals surface area contributed by atoms with Gasteiger partial charge in [-0.3, -0.25) is 9.67 Å². The standard InChI is InChI=1S/C23H29N7O/c1-4-30-23(15(2)3)21-18(28-30)14-31-19-13-26-20(27-22(19)21)11-16-5-6-17(12-25-16)29-9-7-24-8-10-29/h5-6,12-13,15,24H,4,7-11,14H2,1-3H3. The van der Waals surface area contributed by atoms with E-state index in [1.807, 2.05) is 6.20 Å². The van der Waals surface area contributed by atoms with E-state index >= 15 is 0 Å². The van der Waals surface area contributed by atoms with Crippen LogP contribution in [-0.4, -0.2) is 50.9 Å². The molecular formula is C23H29N7O. The molecule has 0 aromatic carbocycles. The molecule has 3 aromatic heterocycles. The van der Waals surface area contributed by atoms with E-state index in [1.165, 1.54) is 11.4 Å². The zero-order chi connectivity index (χ0) is 21.4. The summed E-state index contributed by atoms with van der Waals surface area (Å²) in [5, 5.41) is 8.15. The summed E-state index contributed by atoms with van der Waals surface area (Å²) >= 11 is 0. The first-order valence-corrected chi connectivity index (χ1v) is 11.1. The molecule has 1 fully saturated rings. The van der Waals surface area contributed by atoms with Crippen LogP contribution in [0.5, 0.6) is 5.75 Å². The summed E-state index contributed by atoms with van der Waals surface area (Å²) in [6.07, 6.45) is 4.34. The molecule has 0 spiro atoms. The number of hydrogen-bond donors (Lipinski definition) is 1. The third-order valence-electron chi connectivity index (χ3n) is 5.95. The van der Waals surface area contributed by atoms with Crippen molar-refractivity contribution >= 4 is 5.69 Å². The van der Waals surface area contributed by atoms with Crippen LogP contribution >= 0.6 is 0 Å². The molecule has 2 aliphatic heterocycles. The van der Waals surface area contributed by atoms with Crippen molar-refractivity contribution in [3.05, 3.63) is 47.4 Å². The Hall–Kier alpha value is -3.00. The Balaban J connectivity index is 1.43. The maximum atomic E-state index is 5.90. The topological polar surface area (TPSA) is 81.0 Å². The molecule has 0 saturated carbocycles. The van der Waals surface area contributed by atoms with Crippen molar-refractivity contribution in [2.75, 3.05) is 31.1 Å². The molecule has 1 N–H and O–H groups in total. The molecule has 0 aliphatic carbocycles. The second-order valence-electron chi connectivity index (χ2n) is 8.39. The minimum atomic E-state index is 0.347. The van der Waals surface area contributed by atoms with Gasteiger partial charge in [0.1, 0.15) is 23.8 Å². The van der Waals surface area contributed by atoms with Crippen LogP contribution in [0.4, 0.5) is 5.69 Å². The van der Waals surface area contributed by atoms with Crippen molar-refractivity contribution in [1.29, 1.82) is 0 Å². The smallest absolute Gasteiger partial charge is 0.164 e. The quantitative estimate of drug-likeness (QED) is 0.681. The van der Waals surface area contributed by atoms with E-state index < -0.39 is 0 Å². The summed E-state index contributed by atoms with van der Waals surface area (Å²) in [4.78, 5) is 16.5. The maximum absolute atomic E-state index is 5.90. The number of fused-ring (bicyclic) bond motifs is 3. The van der Waals surface area contributed by atoms with Gasteiger partial charge in [0.2, 0.25) is 0 Å². The molecule has 5 rings (SSSR count). The van der Waals surface area contributed by atoms with E-state index in [4.69, 9.17) is 14.8 Å². The molecule has 162 valence electrons. The number of nitrogens with zero attached hydrogens (tertiary/aromatic N) is 6. The average Bonchev–Trinajstić information content (AvgIpc) is 3.20. The Bertz CT molecular complexity index is 1070. The van der Waals surface area contributed by atoms with Gasteiger partial charge in [0.25, 0.3) is 0 Å². The molecule has 0 unspecified atom stereocenters. The molecule has 0 radical (unpaired) electrons. The van der Waals surface area contributed by atoms with Crippen molar-refractivity contribution in [3.63, 3.8) is 0 Å². The largest absolute Gasteiger partial charge is 0.483 e. The van der Waals surface area contributed by atoms with Gasteiger partial charge in [0.05, 0.1) is 35.8 Å². The first kappa shape index (κ1) is 19.9. The van der Waals surface area contributed by atoms with Gasteiger partial charge in [0, 0.05) is 38.4 Å². The second-order valence-corrected chi connectivity index (χ2v) is 8.39. The normalized spacial score (nSPS) is 15.5. The van der Waals surface area contributed by atoms with Crippen molar-refractivity contribution < 1.29 is 4.74 Å². The Morgan fingerprint density at radius 1 is 1.13 bits per heavy atom. The number of anilines is 1. The van der Waals surface area contributed by atoms with E-state index in [1.54, 1.807) is 6.20 Å². The number of rotatable bonds is 5. The van der Waals surface area contributed by atoms with Gasteiger partial charge < -0.3 is 15.0 Å². The molecule has 1 saturated heterocycles. The molecule has 2 aliphatic rings. The van der Waals surface area contributed by atoms with Crippen LogP contribution in [0.3, 0.4) is 0 Å². The van der Waals surface area contributed by atoms with Gasteiger partial charge in [-0.05, 0) is 25.0 Å². The van der Waals surface area contributed by atoms with Crippen LogP contribution in [-0.2, 0) is 19.6 Å². The SMILES string of the molecule is CCn1nc2c(c1C(C)C)-c1nc(Cc3ccc(N4CCNCC4)cn3)ncc1OC2. The summed E-state index contributed by atoms with van der Waals surface area (Å²) < 4.78 is 7.98. The van der Waals surface area contributed by atoms with Crippen LogP contribution in [0.1, 0.15) is 49.6 Å². The first-order chi connectivity index (χ1) is 15.1. The van der Waals surface area contributed by atoms with E-state index in [0.717, 1.165) is 66.9 Å². The highest BCUT2D eigenvalue weighted by Gasteiger charge is 2.29. The van der Waals surface area contributed by atoms with Crippen LogP contribution in [0.2, 0.25) is 0 Å². The van der Waals surface area contributed by atoms with Gasteiger partial charge >= 0.3 is 0 Å². The molecule has 3 aromatic rings. The average molecular weight is 420 g/mol. The minimum absolute atomic E-state index is 0.347. The maximum Gasteiger partial charge on any atom is 0.164 e. The highest BCUT2D eigenvalue weighted by Crippen LogP contribution is 2.40. The Morgan fingerprint density at radius 2 is 1.97 bits per heavy atom. The summed E-state index contributed by atoms with van der Waals surface area (Å²) in [5.74, 6) is 1.83. The lowest BCUT2D eigenvalue weighted by Crippen LogP contribution is -2.43. The lowest BCUT2D eigenvalue weighted by Gasteiger charge is -2.29. The highest BCUT2D eigenvalue weighted by molar-refractivity contribution is 5.73. The zero-order valence-electron chi connectivity index (χ0n) is 18.4. The van der Waals surface area contributed by atoms with Gasteiger partial charge in [-0.2, -0.15) is 5.10 Å². The van der Waals surface area contributed by atoms with E-state index in [2.05, 4.69) is 57.8 Å². The van der Waals surface area contributed by atoms with Crippen LogP contribution in [0, 0.1) is 0 Å². The third-order valence-corrected chi connectivity index (χ3v) is 5.95. The summed E-state index contributed by atoms with van der Waals surface area (Å²) in [6, 6.07) is 4.23. The number of aromatic nitrogens is 5. The number of hydrogen-bond acceptors (Lipinski definition) is 7. The van der Waals surface area contributed by atoms with Crippen molar-refractivity contribution in [3.8, 4) is 17.0 Å². The molecule has 8 nitrogen and oxygen atoms in total. The van der Waals surface area contributed by atoms with E-state index in [-0.39, 0.29) is 0 Å².